The van der Waals surface area contributed by atoms with Gasteiger partial charge in [0, 0.05) is 10.0 Å². The zero-order valence-corrected chi connectivity index (χ0v) is 12.7. The molecule has 0 fully saturated rings. The summed E-state index contributed by atoms with van der Waals surface area (Å²) < 4.78 is 16.7. The summed E-state index contributed by atoms with van der Waals surface area (Å²) in [5.74, 6) is 2.13. The number of hydrogen-bond donors (Lipinski definition) is 1. The van der Waals surface area contributed by atoms with E-state index in [0.29, 0.717) is 11.5 Å². The third kappa shape index (κ3) is 2.62. The number of nitrogens with two attached hydrogens (primary N) is 1. The Morgan fingerprint density at radius 2 is 1.79 bits per heavy atom. The van der Waals surface area contributed by atoms with E-state index in [9.17, 15) is 0 Å². The maximum Gasteiger partial charge on any atom is 0.161 e. The van der Waals surface area contributed by atoms with Crippen molar-refractivity contribution in [2.75, 3.05) is 14.2 Å². The van der Waals surface area contributed by atoms with Crippen LogP contribution in [-0.4, -0.2) is 14.2 Å². The molecule has 0 saturated carbocycles. The lowest BCUT2D eigenvalue weighted by Crippen LogP contribution is -2.13. The number of halogens is 1. The SMILES string of the molecule is COc1cc(Br)c(C(N)c2ccoc2C)cc1OC. The Hall–Kier alpha value is -1.46. The summed E-state index contributed by atoms with van der Waals surface area (Å²) in [4.78, 5) is 0. The second-order valence-electron chi connectivity index (χ2n) is 4.14. The van der Waals surface area contributed by atoms with Gasteiger partial charge in [-0.05, 0) is 30.7 Å². The van der Waals surface area contributed by atoms with Crippen LogP contribution in [0, 0.1) is 6.92 Å². The molecule has 1 heterocycles. The van der Waals surface area contributed by atoms with E-state index in [1.54, 1.807) is 20.5 Å². The molecule has 0 spiro atoms. The Morgan fingerprint density at radius 3 is 2.32 bits per heavy atom. The number of hydrogen-bond acceptors (Lipinski definition) is 4. The van der Waals surface area contributed by atoms with E-state index in [2.05, 4.69) is 15.9 Å². The molecule has 19 heavy (non-hydrogen) atoms. The second-order valence-corrected chi connectivity index (χ2v) is 4.99. The highest BCUT2D eigenvalue weighted by Crippen LogP contribution is 2.37. The van der Waals surface area contributed by atoms with Gasteiger partial charge >= 0.3 is 0 Å². The fourth-order valence-corrected chi connectivity index (χ4v) is 2.56. The summed E-state index contributed by atoms with van der Waals surface area (Å²) in [5, 5.41) is 0. The van der Waals surface area contributed by atoms with Gasteiger partial charge in [0.25, 0.3) is 0 Å². The van der Waals surface area contributed by atoms with E-state index < -0.39 is 0 Å². The first-order chi connectivity index (χ1) is 9.08. The van der Waals surface area contributed by atoms with E-state index in [1.165, 1.54) is 0 Å². The molecule has 4 nitrogen and oxygen atoms in total. The molecule has 0 radical (unpaired) electrons. The molecule has 1 aromatic heterocycles. The van der Waals surface area contributed by atoms with E-state index in [1.807, 2.05) is 25.1 Å². The summed E-state index contributed by atoms with van der Waals surface area (Å²) in [6.45, 7) is 1.89. The fourth-order valence-electron chi connectivity index (χ4n) is 1.99. The Morgan fingerprint density at radius 1 is 1.16 bits per heavy atom. The zero-order valence-electron chi connectivity index (χ0n) is 11.1. The van der Waals surface area contributed by atoms with Crippen LogP contribution in [0.3, 0.4) is 0 Å². The zero-order chi connectivity index (χ0) is 14.0. The smallest absolute Gasteiger partial charge is 0.161 e. The number of furan rings is 1. The molecule has 0 aliphatic carbocycles. The first-order valence-corrected chi connectivity index (χ1v) is 6.58. The summed E-state index contributed by atoms with van der Waals surface area (Å²) in [7, 11) is 3.20. The molecular formula is C14H16BrNO3. The molecule has 2 aromatic rings. The predicted molar refractivity (Wildman–Crippen MR) is 76.7 cm³/mol. The quantitative estimate of drug-likeness (QED) is 0.935. The molecule has 1 aromatic carbocycles. The van der Waals surface area contributed by atoms with Crippen molar-refractivity contribution in [2.24, 2.45) is 5.73 Å². The van der Waals surface area contributed by atoms with E-state index in [0.717, 1.165) is 21.4 Å². The Kier molecular flexibility index (Phi) is 4.17. The maximum atomic E-state index is 6.29. The Labute approximate surface area is 120 Å². The van der Waals surface area contributed by atoms with Crippen LogP contribution < -0.4 is 15.2 Å². The van der Waals surface area contributed by atoms with E-state index in [-0.39, 0.29) is 6.04 Å². The first-order valence-electron chi connectivity index (χ1n) is 5.79. The van der Waals surface area contributed by atoms with Crippen molar-refractivity contribution in [1.29, 1.82) is 0 Å². The average molecular weight is 326 g/mol. The fraction of sp³-hybridized carbons (Fsp3) is 0.286. The lowest BCUT2D eigenvalue weighted by molar-refractivity contribution is 0.354. The minimum Gasteiger partial charge on any atom is -0.493 e. The Bertz CT molecular complexity index is 580. The molecule has 0 bridgehead atoms. The molecule has 2 rings (SSSR count). The van der Waals surface area contributed by atoms with Crippen molar-refractivity contribution in [1.82, 2.24) is 0 Å². The van der Waals surface area contributed by atoms with Gasteiger partial charge in [-0.25, -0.2) is 0 Å². The van der Waals surface area contributed by atoms with Crippen molar-refractivity contribution in [3.05, 3.63) is 45.8 Å². The van der Waals surface area contributed by atoms with Gasteiger partial charge in [-0.2, -0.15) is 0 Å². The van der Waals surface area contributed by atoms with Crippen molar-refractivity contribution < 1.29 is 13.9 Å². The first kappa shape index (κ1) is 14.0. The van der Waals surface area contributed by atoms with Gasteiger partial charge in [0.2, 0.25) is 0 Å². The molecule has 5 heteroatoms. The van der Waals surface area contributed by atoms with Crippen molar-refractivity contribution in [2.45, 2.75) is 13.0 Å². The second kappa shape index (κ2) is 5.67. The summed E-state index contributed by atoms with van der Waals surface area (Å²) in [6, 6.07) is 5.32. The molecule has 1 unspecified atom stereocenters. The topological polar surface area (TPSA) is 57.6 Å². The molecule has 0 aliphatic rings. The maximum absolute atomic E-state index is 6.29. The number of methoxy groups -OCH3 is 2. The van der Waals surface area contributed by atoms with Gasteiger partial charge in [-0.1, -0.05) is 15.9 Å². The molecular weight excluding hydrogens is 310 g/mol. The van der Waals surface area contributed by atoms with Gasteiger partial charge in [-0.15, -0.1) is 0 Å². The summed E-state index contributed by atoms with van der Waals surface area (Å²) in [5.41, 5.74) is 8.16. The van der Waals surface area contributed by atoms with Gasteiger partial charge in [-0.3, -0.25) is 0 Å². The minimum absolute atomic E-state index is 0.284. The highest BCUT2D eigenvalue weighted by molar-refractivity contribution is 9.10. The molecule has 2 N–H and O–H groups in total. The third-order valence-corrected chi connectivity index (χ3v) is 3.76. The van der Waals surface area contributed by atoms with E-state index >= 15 is 0 Å². The number of ether oxygens (including phenoxy) is 2. The van der Waals surface area contributed by atoms with Crippen LogP contribution in [0.2, 0.25) is 0 Å². The average Bonchev–Trinajstić information content (AvgIpc) is 2.83. The van der Waals surface area contributed by atoms with Gasteiger partial charge in [0.05, 0.1) is 26.5 Å². The third-order valence-electron chi connectivity index (χ3n) is 3.07. The van der Waals surface area contributed by atoms with Crippen LogP contribution in [0.15, 0.2) is 33.4 Å². The lowest BCUT2D eigenvalue weighted by atomic mass is 10.00. The number of benzene rings is 1. The standard InChI is InChI=1S/C14H16BrNO3/c1-8-9(4-5-19-8)14(16)10-6-12(17-2)13(18-3)7-11(10)15/h4-7,14H,16H2,1-3H3. The normalized spacial score (nSPS) is 12.3. The minimum atomic E-state index is -0.284. The largest absolute Gasteiger partial charge is 0.493 e. The van der Waals surface area contributed by atoms with Crippen LogP contribution in [0.4, 0.5) is 0 Å². The van der Waals surface area contributed by atoms with Crippen molar-refractivity contribution in [3.63, 3.8) is 0 Å². The highest BCUT2D eigenvalue weighted by Gasteiger charge is 2.19. The monoisotopic (exact) mass is 325 g/mol. The van der Waals surface area contributed by atoms with Crippen LogP contribution in [0.5, 0.6) is 11.5 Å². The number of rotatable bonds is 4. The van der Waals surface area contributed by atoms with Crippen molar-refractivity contribution >= 4 is 15.9 Å². The van der Waals surface area contributed by atoms with Gasteiger partial charge < -0.3 is 19.6 Å². The summed E-state index contributed by atoms with van der Waals surface area (Å²) >= 11 is 3.52. The van der Waals surface area contributed by atoms with Gasteiger partial charge in [0.1, 0.15) is 5.76 Å². The van der Waals surface area contributed by atoms with Gasteiger partial charge in [0.15, 0.2) is 11.5 Å². The van der Waals surface area contributed by atoms with E-state index in [4.69, 9.17) is 19.6 Å². The van der Waals surface area contributed by atoms with Crippen LogP contribution in [0.25, 0.3) is 0 Å². The lowest BCUT2D eigenvalue weighted by Gasteiger charge is -2.16. The van der Waals surface area contributed by atoms with Crippen LogP contribution in [0.1, 0.15) is 22.9 Å². The summed E-state index contributed by atoms with van der Waals surface area (Å²) in [6.07, 6.45) is 1.64. The van der Waals surface area contributed by atoms with Crippen LogP contribution >= 0.6 is 15.9 Å². The molecule has 1 atom stereocenters. The predicted octanol–water partition coefficient (Wildman–Crippen LogP) is 3.42. The van der Waals surface area contributed by atoms with Crippen molar-refractivity contribution in [3.8, 4) is 11.5 Å². The molecule has 0 amide bonds. The van der Waals surface area contributed by atoms with Crippen LogP contribution in [-0.2, 0) is 0 Å². The highest BCUT2D eigenvalue weighted by atomic mass is 79.9. The molecule has 0 saturated heterocycles. The molecule has 102 valence electrons. The Balaban J connectivity index is 2.48. The number of aryl methyl sites for hydroxylation is 1. The molecule has 0 aliphatic heterocycles.